The summed E-state index contributed by atoms with van der Waals surface area (Å²) < 4.78 is 12.2. The Hall–Kier alpha value is -2.77. The molecule has 0 spiro atoms. The van der Waals surface area contributed by atoms with E-state index in [9.17, 15) is 9.90 Å². The smallest absolute Gasteiger partial charge is 0.419 e. The zero-order valence-electron chi connectivity index (χ0n) is 16.2. The lowest BCUT2D eigenvalue weighted by molar-refractivity contribution is 0.109. The predicted octanol–water partition coefficient (Wildman–Crippen LogP) is 2.00. The largest absolute Gasteiger partial charge is 0.495 e. The van der Waals surface area contributed by atoms with E-state index in [-0.39, 0.29) is 0 Å². The summed E-state index contributed by atoms with van der Waals surface area (Å²) in [5, 5.41) is 10.7. The van der Waals surface area contributed by atoms with E-state index in [1.54, 1.807) is 20.2 Å². The van der Waals surface area contributed by atoms with Crippen LogP contribution in [0.25, 0.3) is 11.1 Å². The van der Waals surface area contributed by atoms with E-state index in [4.69, 9.17) is 9.15 Å². The van der Waals surface area contributed by atoms with Gasteiger partial charge < -0.3 is 19.2 Å². The summed E-state index contributed by atoms with van der Waals surface area (Å²) in [5.74, 6) is 0.489. The van der Waals surface area contributed by atoms with Crippen LogP contribution < -0.4 is 15.4 Å². The molecule has 7 nitrogen and oxygen atoms in total. The fraction of sp³-hybridized carbons (Fsp3) is 0.381. The maximum absolute atomic E-state index is 11.6. The molecule has 7 heteroatoms. The summed E-state index contributed by atoms with van der Waals surface area (Å²) in [7, 11) is 3.36. The minimum Gasteiger partial charge on any atom is -0.495 e. The molecule has 4 rings (SSSR count). The fourth-order valence-corrected chi connectivity index (χ4v) is 3.77. The molecular formula is C21H25N3O4. The molecule has 2 heterocycles. The lowest BCUT2D eigenvalue weighted by Crippen LogP contribution is -2.47. The Morgan fingerprint density at radius 3 is 2.64 bits per heavy atom. The van der Waals surface area contributed by atoms with Gasteiger partial charge in [0, 0.05) is 39.8 Å². The first-order chi connectivity index (χ1) is 13.6. The number of piperazine rings is 1. The molecule has 0 amide bonds. The lowest BCUT2D eigenvalue weighted by Gasteiger charge is -2.37. The number of ether oxygens (including phenoxy) is 1. The zero-order chi connectivity index (χ0) is 19.7. The number of oxazole rings is 1. The van der Waals surface area contributed by atoms with Crippen LogP contribution in [0.15, 0.2) is 51.7 Å². The zero-order valence-corrected chi connectivity index (χ0v) is 16.2. The number of benzene rings is 2. The number of hydrogen-bond donors (Lipinski definition) is 1. The number of aryl methyl sites for hydroxylation is 1. The van der Waals surface area contributed by atoms with Gasteiger partial charge in [-0.25, -0.2) is 4.79 Å². The van der Waals surface area contributed by atoms with Crippen LogP contribution in [-0.2, 0) is 7.05 Å². The number of hydrogen-bond acceptors (Lipinski definition) is 6. The van der Waals surface area contributed by atoms with Gasteiger partial charge in [0.15, 0.2) is 5.58 Å². The van der Waals surface area contributed by atoms with Crippen molar-refractivity contribution in [2.24, 2.45) is 7.05 Å². The average Bonchev–Trinajstić information content (AvgIpc) is 3.01. The minimum absolute atomic E-state index is 0.394. The van der Waals surface area contributed by atoms with E-state index in [0.717, 1.165) is 48.7 Å². The van der Waals surface area contributed by atoms with Gasteiger partial charge in [-0.1, -0.05) is 18.2 Å². The Morgan fingerprint density at radius 2 is 1.89 bits per heavy atom. The topological polar surface area (TPSA) is 71.1 Å². The van der Waals surface area contributed by atoms with Gasteiger partial charge >= 0.3 is 5.76 Å². The van der Waals surface area contributed by atoms with E-state index >= 15 is 0 Å². The van der Waals surface area contributed by atoms with Crippen molar-refractivity contribution in [1.82, 2.24) is 9.47 Å². The number of fused-ring (bicyclic) bond motifs is 1. The molecule has 1 saturated heterocycles. The summed E-state index contributed by atoms with van der Waals surface area (Å²) in [6.45, 7) is 4.01. The number of para-hydroxylation sites is 2. The van der Waals surface area contributed by atoms with Crippen molar-refractivity contribution in [3.05, 3.63) is 58.6 Å². The van der Waals surface area contributed by atoms with Crippen molar-refractivity contribution >= 4 is 16.8 Å². The van der Waals surface area contributed by atoms with Gasteiger partial charge in [0.1, 0.15) is 5.75 Å². The van der Waals surface area contributed by atoms with Gasteiger partial charge in [-0.15, -0.1) is 0 Å². The number of methoxy groups -OCH3 is 1. The molecule has 1 atom stereocenters. The standard InChI is InChI=1S/C21H25N3O4/c1-22-16-8-7-15(13-20(16)28-21(22)26)18(25)14-23-9-11-24(12-10-23)17-5-3-4-6-19(17)27-2/h3-8,13,18,25H,9-12,14H2,1-2H3. The van der Waals surface area contributed by atoms with Gasteiger partial charge in [0.05, 0.1) is 24.4 Å². The van der Waals surface area contributed by atoms with E-state index < -0.39 is 11.9 Å². The van der Waals surface area contributed by atoms with Crippen molar-refractivity contribution in [2.45, 2.75) is 6.10 Å². The first-order valence-corrected chi connectivity index (χ1v) is 9.44. The Labute approximate surface area is 163 Å². The summed E-state index contributed by atoms with van der Waals surface area (Å²) in [6, 6.07) is 13.5. The third-order valence-corrected chi connectivity index (χ3v) is 5.43. The van der Waals surface area contributed by atoms with Crippen LogP contribution >= 0.6 is 0 Å². The van der Waals surface area contributed by atoms with Gasteiger partial charge in [0.2, 0.25) is 0 Å². The Morgan fingerprint density at radius 1 is 1.14 bits per heavy atom. The summed E-state index contributed by atoms with van der Waals surface area (Å²) >= 11 is 0. The highest BCUT2D eigenvalue weighted by Gasteiger charge is 2.22. The highest BCUT2D eigenvalue weighted by Crippen LogP contribution is 2.28. The number of nitrogens with zero attached hydrogens (tertiary/aromatic N) is 3. The predicted molar refractivity (Wildman–Crippen MR) is 108 cm³/mol. The molecule has 0 saturated carbocycles. The highest BCUT2D eigenvalue weighted by atomic mass is 16.5. The van der Waals surface area contributed by atoms with Crippen LogP contribution in [0, 0.1) is 0 Å². The molecule has 3 aromatic rings. The molecule has 1 aromatic heterocycles. The van der Waals surface area contributed by atoms with Crippen molar-refractivity contribution in [3.8, 4) is 5.75 Å². The minimum atomic E-state index is -0.632. The molecular weight excluding hydrogens is 358 g/mol. The third kappa shape index (κ3) is 3.50. The number of aliphatic hydroxyl groups excluding tert-OH is 1. The SMILES string of the molecule is COc1ccccc1N1CCN(CC(O)c2ccc3c(c2)oc(=O)n3C)CC1. The van der Waals surface area contributed by atoms with E-state index in [2.05, 4.69) is 15.9 Å². The third-order valence-electron chi connectivity index (χ3n) is 5.43. The van der Waals surface area contributed by atoms with E-state index in [1.165, 1.54) is 4.57 Å². The van der Waals surface area contributed by atoms with Crippen LogP contribution in [-0.4, -0.2) is 54.4 Å². The van der Waals surface area contributed by atoms with Crippen LogP contribution in [0.4, 0.5) is 5.69 Å². The Balaban J connectivity index is 1.40. The molecule has 28 heavy (non-hydrogen) atoms. The van der Waals surface area contributed by atoms with Gasteiger partial charge in [-0.3, -0.25) is 9.47 Å². The molecule has 2 aromatic carbocycles. The Kier molecular flexibility index (Phi) is 5.11. The molecule has 0 radical (unpaired) electrons. The monoisotopic (exact) mass is 383 g/mol. The normalized spacial score (nSPS) is 16.5. The average molecular weight is 383 g/mol. The number of aliphatic hydroxyl groups is 1. The molecule has 0 aliphatic carbocycles. The maximum atomic E-state index is 11.6. The fourth-order valence-electron chi connectivity index (χ4n) is 3.77. The van der Waals surface area contributed by atoms with Gasteiger partial charge in [0.25, 0.3) is 0 Å². The molecule has 0 bridgehead atoms. The van der Waals surface area contributed by atoms with Crippen LogP contribution in [0.1, 0.15) is 11.7 Å². The maximum Gasteiger partial charge on any atom is 0.419 e. The first kappa shape index (κ1) is 18.6. The summed E-state index contributed by atoms with van der Waals surface area (Å²) in [4.78, 5) is 16.2. The van der Waals surface area contributed by atoms with Gasteiger partial charge in [-0.05, 0) is 29.8 Å². The van der Waals surface area contributed by atoms with Crippen molar-refractivity contribution < 1.29 is 14.3 Å². The van der Waals surface area contributed by atoms with Crippen molar-refractivity contribution in [3.63, 3.8) is 0 Å². The number of anilines is 1. The highest BCUT2D eigenvalue weighted by molar-refractivity contribution is 5.73. The molecule has 148 valence electrons. The van der Waals surface area contributed by atoms with E-state index in [1.807, 2.05) is 30.3 Å². The molecule has 1 N–H and O–H groups in total. The van der Waals surface area contributed by atoms with Crippen molar-refractivity contribution in [2.75, 3.05) is 44.7 Å². The second-order valence-corrected chi connectivity index (χ2v) is 7.13. The lowest BCUT2D eigenvalue weighted by atomic mass is 10.1. The molecule has 1 fully saturated rings. The van der Waals surface area contributed by atoms with Gasteiger partial charge in [-0.2, -0.15) is 0 Å². The number of rotatable bonds is 5. The summed E-state index contributed by atoms with van der Waals surface area (Å²) in [5.41, 5.74) is 3.10. The quantitative estimate of drug-likeness (QED) is 0.727. The second kappa shape index (κ2) is 7.69. The van der Waals surface area contributed by atoms with Crippen LogP contribution in [0.2, 0.25) is 0 Å². The number of aromatic nitrogens is 1. The molecule has 1 unspecified atom stereocenters. The molecule has 1 aliphatic heterocycles. The Bertz CT molecular complexity index is 1020. The van der Waals surface area contributed by atoms with Crippen molar-refractivity contribution in [1.29, 1.82) is 0 Å². The summed E-state index contributed by atoms with van der Waals surface area (Å²) in [6.07, 6.45) is -0.632. The van der Waals surface area contributed by atoms with Crippen LogP contribution in [0.5, 0.6) is 5.75 Å². The molecule has 1 aliphatic rings. The van der Waals surface area contributed by atoms with Crippen LogP contribution in [0.3, 0.4) is 0 Å². The second-order valence-electron chi connectivity index (χ2n) is 7.13. The number of β-amino-alcohol motifs (C(OH)–C–C–N with tert-alkyl or cyclic N) is 1. The van der Waals surface area contributed by atoms with E-state index in [0.29, 0.717) is 12.1 Å². The first-order valence-electron chi connectivity index (χ1n) is 9.44.